The number of rotatable bonds is 0. The Kier molecular flexibility index (Phi) is 1.36. The fraction of sp³-hybridized carbons (Fsp3) is 0.125. The Morgan fingerprint density at radius 1 is 1.25 bits per heavy atom. The Balaban J connectivity index is 3.09. The second kappa shape index (κ2) is 2.27. The zero-order valence-electron chi connectivity index (χ0n) is 6.69. The number of fused-ring (bicyclic) bond motifs is 1. The molecule has 2 aromatic rings. The maximum absolute atomic E-state index is 11.3. The van der Waals surface area contributed by atoms with Crippen LogP contribution in [0.4, 0.5) is 0 Å². The van der Waals surface area contributed by atoms with Gasteiger partial charge in [0, 0.05) is 7.05 Å². The predicted molar refractivity (Wildman–Crippen MR) is 48.3 cm³/mol. The topological polar surface area (TPSA) is 26.9 Å². The van der Waals surface area contributed by atoms with Crippen LogP contribution in [0, 0.1) is 0 Å². The maximum atomic E-state index is 11.3. The van der Waals surface area contributed by atoms with Crippen molar-refractivity contribution in [3.8, 4) is 0 Å². The minimum Gasteiger partial charge on any atom is -0.349 e. The first kappa shape index (κ1) is 7.22. The summed E-state index contributed by atoms with van der Waals surface area (Å²) in [4.78, 5) is 11.3. The molecule has 0 spiro atoms. The van der Waals surface area contributed by atoms with Gasteiger partial charge in [-0.3, -0.25) is 4.57 Å². The van der Waals surface area contributed by atoms with E-state index in [1.807, 2.05) is 24.3 Å². The lowest BCUT2D eigenvalue weighted by Gasteiger charge is -1.91. The van der Waals surface area contributed by atoms with E-state index in [0.717, 1.165) is 15.5 Å². The molecule has 0 fully saturated rings. The van der Waals surface area contributed by atoms with Gasteiger partial charge in [-0.1, -0.05) is 12.1 Å². The highest BCUT2D eigenvalue weighted by molar-refractivity contribution is 6.10. The first-order valence-electron chi connectivity index (χ1n) is 3.63. The summed E-state index contributed by atoms with van der Waals surface area (Å²) in [6.07, 6.45) is 0. The van der Waals surface area contributed by atoms with Gasteiger partial charge in [0.2, 0.25) is 7.98 Å². The first-order chi connectivity index (χ1) is 5.72. The number of benzene rings is 1. The molecular formula is C8H7BN2O. The lowest BCUT2D eigenvalue weighted by atomic mass is 10.3. The number of aromatic nitrogens is 2. The molecule has 0 unspecified atom stereocenters. The highest BCUT2D eigenvalue weighted by Gasteiger charge is 2.03. The van der Waals surface area contributed by atoms with Crippen LogP contribution in [0.1, 0.15) is 0 Å². The molecule has 0 bridgehead atoms. The Morgan fingerprint density at radius 2 is 1.83 bits per heavy atom. The Hall–Kier alpha value is -1.45. The summed E-state index contributed by atoms with van der Waals surface area (Å²) in [6.45, 7) is 0. The summed E-state index contributed by atoms with van der Waals surface area (Å²) in [7, 11) is 7.22. The van der Waals surface area contributed by atoms with E-state index in [1.165, 1.54) is 4.57 Å². The molecule has 2 rings (SSSR count). The fourth-order valence-corrected chi connectivity index (χ4v) is 1.32. The van der Waals surface area contributed by atoms with Gasteiger partial charge in [0.15, 0.2) is 0 Å². The van der Waals surface area contributed by atoms with Crippen LogP contribution < -0.4 is 5.69 Å². The van der Waals surface area contributed by atoms with Crippen molar-refractivity contribution in [2.45, 2.75) is 0 Å². The predicted octanol–water partition coefficient (Wildman–Crippen LogP) is 0.272. The molecule has 58 valence electrons. The Bertz CT molecular complexity index is 441. The van der Waals surface area contributed by atoms with E-state index in [1.54, 1.807) is 7.05 Å². The lowest BCUT2D eigenvalue weighted by molar-refractivity contribution is 0.875. The van der Waals surface area contributed by atoms with Gasteiger partial charge in [-0.25, -0.2) is 4.79 Å². The third-order valence-corrected chi connectivity index (χ3v) is 2.00. The molecule has 0 atom stereocenters. The number of aryl methyl sites for hydroxylation is 1. The molecule has 3 nitrogen and oxygen atoms in total. The molecule has 0 saturated carbocycles. The fourth-order valence-electron chi connectivity index (χ4n) is 1.32. The Morgan fingerprint density at radius 3 is 2.42 bits per heavy atom. The van der Waals surface area contributed by atoms with Gasteiger partial charge in [0.05, 0.1) is 11.0 Å². The van der Waals surface area contributed by atoms with Gasteiger partial charge >= 0.3 is 5.69 Å². The SMILES string of the molecule is [B]n1c(=O)n(C)c2ccccc21. The van der Waals surface area contributed by atoms with Gasteiger partial charge < -0.3 is 4.48 Å². The summed E-state index contributed by atoms with van der Waals surface area (Å²) in [5.74, 6) is 0. The van der Waals surface area contributed by atoms with Crippen molar-refractivity contribution in [3.05, 3.63) is 34.7 Å². The van der Waals surface area contributed by atoms with Crippen LogP contribution in [0.5, 0.6) is 0 Å². The van der Waals surface area contributed by atoms with Gasteiger partial charge in [-0.2, -0.15) is 0 Å². The van der Waals surface area contributed by atoms with E-state index in [2.05, 4.69) is 0 Å². The van der Waals surface area contributed by atoms with Gasteiger partial charge in [-0.05, 0) is 12.1 Å². The molecule has 0 N–H and O–H groups in total. The van der Waals surface area contributed by atoms with Gasteiger partial charge in [0.1, 0.15) is 0 Å². The van der Waals surface area contributed by atoms with Crippen LogP contribution >= 0.6 is 0 Å². The molecule has 0 aliphatic rings. The number of hydrogen-bond acceptors (Lipinski definition) is 1. The quantitative estimate of drug-likeness (QED) is 0.505. The average molecular weight is 158 g/mol. The van der Waals surface area contributed by atoms with Crippen molar-refractivity contribution in [3.63, 3.8) is 0 Å². The van der Waals surface area contributed by atoms with Crippen LogP contribution in [0.25, 0.3) is 11.0 Å². The zero-order chi connectivity index (χ0) is 8.72. The highest BCUT2D eigenvalue weighted by atomic mass is 16.1. The second-order valence-electron chi connectivity index (χ2n) is 2.70. The summed E-state index contributed by atoms with van der Waals surface area (Å²) in [5.41, 5.74) is 1.41. The first-order valence-corrected chi connectivity index (χ1v) is 3.63. The molecule has 4 heteroatoms. The number of imidazole rings is 1. The average Bonchev–Trinajstić information content (AvgIpc) is 2.33. The smallest absolute Gasteiger partial charge is 0.315 e. The van der Waals surface area contributed by atoms with Crippen molar-refractivity contribution in [2.75, 3.05) is 0 Å². The monoisotopic (exact) mass is 158 g/mol. The molecule has 0 amide bonds. The Labute approximate surface area is 70.7 Å². The molecule has 1 heterocycles. The molecule has 0 aliphatic heterocycles. The summed E-state index contributed by atoms with van der Waals surface area (Å²) in [6, 6.07) is 7.41. The summed E-state index contributed by atoms with van der Waals surface area (Å²) >= 11 is 0. The van der Waals surface area contributed by atoms with E-state index in [0.29, 0.717) is 0 Å². The number of hydrogen-bond donors (Lipinski definition) is 0. The largest absolute Gasteiger partial charge is 0.349 e. The van der Waals surface area contributed by atoms with Gasteiger partial charge in [0.25, 0.3) is 0 Å². The normalized spacial score (nSPS) is 10.8. The van der Waals surface area contributed by atoms with Crippen molar-refractivity contribution in [1.82, 2.24) is 9.05 Å². The third-order valence-electron chi connectivity index (χ3n) is 2.00. The molecule has 2 radical (unpaired) electrons. The highest BCUT2D eigenvalue weighted by Crippen LogP contribution is 2.08. The van der Waals surface area contributed by atoms with E-state index >= 15 is 0 Å². The molecule has 1 aromatic carbocycles. The van der Waals surface area contributed by atoms with Crippen molar-refractivity contribution in [2.24, 2.45) is 7.05 Å². The standard InChI is InChI=1S/C8H7BN2O/c1-10-6-4-2-3-5-7(6)11(9)8(10)12/h2-5H,1H3. The minimum atomic E-state index is -0.198. The number of nitrogens with zero attached hydrogens (tertiary/aromatic N) is 2. The lowest BCUT2D eigenvalue weighted by Crippen LogP contribution is -2.20. The van der Waals surface area contributed by atoms with Crippen LogP contribution in [0.3, 0.4) is 0 Å². The summed E-state index contributed by atoms with van der Waals surface area (Å²) < 4.78 is 2.67. The van der Waals surface area contributed by atoms with Crippen molar-refractivity contribution >= 4 is 19.0 Å². The molecule has 12 heavy (non-hydrogen) atoms. The molecule has 1 aromatic heterocycles. The molecule has 0 aliphatic carbocycles. The third kappa shape index (κ3) is 0.748. The van der Waals surface area contributed by atoms with E-state index < -0.39 is 0 Å². The van der Waals surface area contributed by atoms with E-state index in [9.17, 15) is 4.79 Å². The van der Waals surface area contributed by atoms with Crippen molar-refractivity contribution in [1.29, 1.82) is 0 Å². The van der Waals surface area contributed by atoms with Crippen LogP contribution in [-0.4, -0.2) is 17.0 Å². The zero-order valence-corrected chi connectivity index (χ0v) is 6.69. The van der Waals surface area contributed by atoms with Crippen LogP contribution in [0.15, 0.2) is 29.1 Å². The van der Waals surface area contributed by atoms with Crippen LogP contribution in [0.2, 0.25) is 0 Å². The summed E-state index contributed by atoms with van der Waals surface area (Å²) in [5, 5.41) is 0. The van der Waals surface area contributed by atoms with Crippen LogP contribution in [-0.2, 0) is 7.05 Å². The number of para-hydroxylation sites is 2. The van der Waals surface area contributed by atoms with Gasteiger partial charge in [-0.15, -0.1) is 0 Å². The van der Waals surface area contributed by atoms with E-state index in [-0.39, 0.29) is 5.69 Å². The molecular weight excluding hydrogens is 151 g/mol. The van der Waals surface area contributed by atoms with Crippen molar-refractivity contribution < 1.29 is 0 Å². The minimum absolute atomic E-state index is 0.198. The molecule has 0 saturated heterocycles. The van der Waals surface area contributed by atoms with E-state index in [4.69, 9.17) is 7.98 Å². The maximum Gasteiger partial charge on any atom is 0.315 e. The second-order valence-corrected chi connectivity index (χ2v) is 2.70.